The zero-order valence-corrected chi connectivity index (χ0v) is 17.8. The van der Waals surface area contributed by atoms with Gasteiger partial charge in [0.25, 0.3) is 5.91 Å². The van der Waals surface area contributed by atoms with Crippen LogP contribution < -0.4 is 16.0 Å². The summed E-state index contributed by atoms with van der Waals surface area (Å²) in [6, 6.07) is 21.4. The molecule has 5 nitrogen and oxygen atoms in total. The van der Waals surface area contributed by atoms with Crippen molar-refractivity contribution in [2.24, 2.45) is 0 Å². The summed E-state index contributed by atoms with van der Waals surface area (Å²) in [6.45, 7) is 2.00. The van der Waals surface area contributed by atoms with Crippen LogP contribution in [-0.2, 0) is 4.79 Å². The van der Waals surface area contributed by atoms with Crippen molar-refractivity contribution in [3.63, 3.8) is 0 Å². The number of halogens is 2. The first-order chi connectivity index (χ1) is 14.4. The molecule has 0 saturated carbocycles. The van der Waals surface area contributed by atoms with Crippen molar-refractivity contribution in [2.45, 2.75) is 13.0 Å². The monoisotopic (exact) mass is 441 g/mol. The van der Waals surface area contributed by atoms with Crippen molar-refractivity contribution in [2.75, 3.05) is 17.2 Å². The zero-order valence-electron chi connectivity index (χ0n) is 16.3. The van der Waals surface area contributed by atoms with Gasteiger partial charge in [0.1, 0.15) is 0 Å². The van der Waals surface area contributed by atoms with Gasteiger partial charge in [0.05, 0.1) is 22.6 Å². The van der Waals surface area contributed by atoms with E-state index in [2.05, 4.69) is 16.0 Å². The third-order valence-corrected chi connectivity index (χ3v) is 5.19. The molecule has 0 radical (unpaired) electrons. The molecule has 2 amide bonds. The van der Waals surface area contributed by atoms with E-state index in [1.807, 2.05) is 37.3 Å². The second-order valence-electron chi connectivity index (χ2n) is 6.71. The Kier molecular flexibility index (Phi) is 7.33. The molecule has 0 aliphatic heterocycles. The van der Waals surface area contributed by atoms with Gasteiger partial charge in [-0.3, -0.25) is 9.59 Å². The second-order valence-corrected chi connectivity index (χ2v) is 7.53. The Morgan fingerprint density at radius 2 is 1.53 bits per heavy atom. The van der Waals surface area contributed by atoms with E-state index in [1.165, 1.54) is 0 Å². The van der Waals surface area contributed by atoms with E-state index < -0.39 is 0 Å². The van der Waals surface area contributed by atoms with Crippen LogP contribution in [0, 0.1) is 0 Å². The summed E-state index contributed by atoms with van der Waals surface area (Å²) in [5.41, 5.74) is 2.84. The number of nitrogens with one attached hydrogen (secondary N) is 3. The average Bonchev–Trinajstić information content (AvgIpc) is 2.75. The first-order valence-electron chi connectivity index (χ1n) is 9.37. The standard InChI is InChI=1S/C23H21Cl2N3O2/c1-15(16-5-3-2-4-6-16)27-23(30)17-7-9-18(10-8-17)28-22(29)14-26-19-11-12-20(24)21(25)13-19/h2-13,15,26H,14H2,1H3,(H,27,30)(H,28,29). The molecule has 30 heavy (non-hydrogen) atoms. The first kappa shape index (κ1) is 21.7. The van der Waals surface area contributed by atoms with Crippen molar-refractivity contribution in [1.29, 1.82) is 0 Å². The molecule has 0 fully saturated rings. The minimum atomic E-state index is -0.226. The molecule has 1 atom stereocenters. The predicted molar refractivity (Wildman–Crippen MR) is 122 cm³/mol. The number of benzene rings is 3. The lowest BCUT2D eigenvalue weighted by atomic mass is 10.1. The summed E-state index contributed by atoms with van der Waals surface area (Å²) in [4.78, 5) is 24.6. The fourth-order valence-corrected chi connectivity index (χ4v) is 3.10. The lowest BCUT2D eigenvalue weighted by molar-refractivity contribution is -0.114. The van der Waals surface area contributed by atoms with Crippen molar-refractivity contribution in [3.8, 4) is 0 Å². The highest BCUT2D eigenvalue weighted by molar-refractivity contribution is 6.42. The Morgan fingerprint density at radius 3 is 2.20 bits per heavy atom. The van der Waals surface area contributed by atoms with E-state index in [0.717, 1.165) is 5.56 Å². The van der Waals surface area contributed by atoms with Gasteiger partial charge in [-0.1, -0.05) is 53.5 Å². The molecule has 3 aromatic carbocycles. The van der Waals surface area contributed by atoms with Crippen molar-refractivity contribution >= 4 is 46.4 Å². The van der Waals surface area contributed by atoms with Gasteiger partial charge in [0.2, 0.25) is 5.91 Å². The summed E-state index contributed by atoms with van der Waals surface area (Å²) in [7, 11) is 0. The molecule has 0 heterocycles. The van der Waals surface area contributed by atoms with Gasteiger partial charge in [-0.15, -0.1) is 0 Å². The maximum Gasteiger partial charge on any atom is 0.251 e. The minimum absolute atomic E-state index is 0.0643. The van der Waals surface area contributed by atoms with Crippen LogP contribution in [0.5, 0.6) is 0 Å². The summed E-state index contributed by atoms with van der Waals surface area (Å²) < 4.78 is 0. The first-order valence-corrected chi connectivity index (χ1v) is 10.1. The third-order valence-electron chi connectivity index (χ3n) is 4.45. The number of hydrogen-bond acceptors (Lipinski definition) is 3. The predicted octanol–water partition coefficient (Wildman–Crippen LogP) is 5.54. The van der Waals surface area contributed by atoms with Crippen LogP contribution >= 0.6 is 23.2 Å². The van der Waals surface area contributed by atoms with E-state index in [4.69, 9.17) is 23.2 Å². The van der Waals surface area contributed by atoms with Gasteiger partial charge in [-0.2, -0.15) is 0 Å². The minimum Gasteiger partial charge on any atom is -0.376 e. The molecule has 0 aliphatic carbocycles. The molecular formula is C23H21Cl2N3O2. The lowest BCUT2D eigenvalue weighted by Gasteiger charge is -2.14. The number of amides is 2. The maximum absolute atomic E-state index is 12.4. The van der Waals surface area contributed by atoms with Gasteiger partial charge >= 0.3 is 0 Å². The second kappa shape index (κ2) is 10.1. The fraction of sp³-hybridized carbons (Fsp3) is 0.130. The molecule has 0 spiro atoms. The lowest BCUT2D eigenvalue weighted by Crippen LogP contribution is -2.26. The summed E-state index contributed by atoms with van der Waals surface area (Å²) in [5.74, 6) is -0.401. The third kappa shape index (κ3) is 5.99. The number of carbonyl (C=O) groups is 2. The number of rotatable bonds is 7. The van der Waals surface area contributed by atoms with Crippen LogP contribution in [0.15, 0.2) is 72.8 Å². The van der Waals surface area contributed by atoms with E-state index >= 15 is 0 Å². The Morgan fingerprint density at radius 1 is 0.867 bits per heavy atom. The molecule has 0 aromatic heterocycles. The Hall–Kier alpha value is -3.02. The van der Waals surface area contributed by atoms with Crippen molar-refractivity contribution < 1.29 is 9.59 Å². The molecule has 3 N–H and O–H groups in total. The molecule has 0 saturated heterocycles. The van der Waals surface area contributed by atoms with Crippen LogP contribution in [0.25, 0.3) is 0 Å². The van der Waals surface area contributed by atoms with Crippen LogP contribution in [0.4, 0.5) is 11.4 Å². The van der Waals surface area contributed by atoms with E-state index in [-0.39, 0.29) is 24.4 Å². The van der Waals surface area contributed by atoms with Gasteiger partial charge in [0, 0.05) is 16.9 Å². The molecule has 1 unspecified atom stereocenters. The van der Waals surface area contributed by atoms with E-state index in [1.54, 1.807) is 42.5 Å². The Bertz CT molecular complexity index is 1020. The SMILES string of the molecule is CC(NC(=O)c1ccc(NC(=O)CNc2ccc(Cl)c(Cl)c2)cc1)c1ccccc1. The largest absolute Gasteiger partial charge is 0.376 e. The highest BCUT2D eigenvalue weighted by atomic mass is 35.5. The molecule has 7 heteroatoms. The highest BCUT2D eigenvalue weighted by Gasteiger charge is 2.11. The van der Waals surface area contributed by atoms with Crippen molar-refractivity contribution in [1.82, 2.24) is 5.32 Å². The van der Waals surface area contributed by atoms with Gasteiger partial charge < -0.3 is 16.0 Å². The van der Waals surface area contributed by atoms with Crippen LogP contribution in [0.2, 0.25) is 10.0 Å². The molecule has 0 bridgehead atoms. The maximum atomic E-state index is 12.4. The summed E-state index contributed by atoms with van der Waals surface area (Å²) >= 11 is 11.8. The molecular weight excluding hydrogens is 421 g/mol. The topological polar surface area (TPSA) is 70.2 Å². The quantitative estimate of drug-likeness (QED) is 0.450. The average molecular weight is 442 g/mol. The summed E-state index contributed by atoms with van der Waals surface area (Å²) in [6.07, 6.45) is 0. The highest BCUT2D eigenvalue weighted by Crippen LogP contribution is 2.24. The van der Waals surface area contributed by atoms with Crippen LogP contribution in [0.1, 0.15) is 28.9 Å². The molecule has 3 aromatic rings. The Labute approximate surface area is 185 Å². The molecule has 0 aliphatic rings. The van der Waals surface area contributed by atoms with E-state index in [9.17, 15) is 9.59 Å². The van der Waals surface area contributed by atoms with Gasteiger partial charge in [-0.05, 0) is 55.0 Å². The summed E-state index contributed by atoms with van der Waals surface area (Å²) in [5, 5.41) is 9.59. The van der Waals surface area contributed by atoms with Crippen molar-refractivity contribution in [3.05, 3.63) is 94.0 Å². The van der Waals surface area contributed by atoms with E-state index in [0.29, 0.717) is 27.0 Å². The fourth-order valence-electron chi connectivity index (χ4n) is 2.80. The number of anilines is 2. The smallest absolute Gasteiger partial charge is 0.251 e. The normalized spacial score (nSPS) is 11.4. The zero-order chi connectivity index (χ0) is 21.5. The molecule has 154 valence electrons. The molecule has 3 rings (SSSR count). The number of carbonyl (C=O) groups excluding carboxylic acids is 2. The van der Waals surface area contributed by atoms with Gasteiger partial charge in [0.15, 0.2) is 0 Å². The van der Waals surface area contributed by atoms with Crippen LogP contribution in [-0.4, -0.2) is 18.4 Å². The number of hydrogen-bond donors (Lipinski definition) is 3. The Balaban J connectivity index is 1.51. The van der Waals surface area contributed by atoms with Crippen LogP contribution in [0.3, 0.4) is 0 Å². The van der Waals surface area contributed by atoms with Gasteiger partial charge in [-0.25, -0.2) is 0 Å².